The second kappa shape index (κ2) is 10.7. The predicted molar refractivity (Wildman–Crippen MR) is 131 cm³/mol. The lowest BCUT2D eigenvalue weighted by Crippen LogP contribution is -2.39. The Hall–Kier alpha value is -4.14. The number of hydrogen-bond donors (Lipinski definition) is 1. The molecule has 0 aliphatic carbocycles. The molecule has 2 heterocycles. The molecule has 0 radical (unpaired) electrons. The molecule has 1 N–H and O–H groups in total. The summed E-state index contributed by atoms with van der Waals surface area (Å²) < 4.78 is 70.0. The van der Waals surface area contributed by atoms with E-state index in [0.29, 0.717) is 37.4 Å². The molecule has 1 aliphatic rings. The maximum Gasteiger partial charge on any atom is 0.573 e. The van der Waals surface area contributed by atoms with Gasteiger partial charge < -0.3 is 19.7 Å². The van der Waals surface area contributed by atoms with Gasteiger partial charge in [-0.05, 0) is 48.5 Å². The highest BCUT2D eigenvalue weighted by Gasteiger charge is 2.32. The number of hydrogen-bond acceptors (Lipinski definition) is 10. The number of benzene rings is 2. The lowest BCUT2D eigenvalue weighted by Gasteiger charge is -2.32. The Morgan fingerprint density at radius 3 is 2.18 bits per heavy atom. The normalized spacial score (nSPS) is 14.7. The van der Waals surface area contributed by atoms with Crippen molar-refractivity contribution in [3.63, 3.8) is 0 Å². The molecule has 0 amide bonds. The van der Waals surface area contributed by atoms with Gasteiger partial charge in [-0.2, -0.15) is 0 Å². The first-order valence-corrected chi connectivity index (χ1v) is 13.1. The Balaban J connectivity index is 1.43. The first-order chi connectivity index (χ1) is 17.9. The van der Waals surface area contributed by atoms with Crippen LogP contribution in [0.2, 0.25) is 0 Å². The fourth-order valence-electron chi connectivity index (χ4n) is 3.88. The molecule has 1 aromatic heterocycles. The molecule has 0 spiro atoms. The topological polar surface area (TPSA) is 137 Å². The molecule has 3 aromatic rings. The quantitative estimate of drug-likeness (QED) is 0.314. The lowest BCUT2D eigenvalue weighted by atomic mass is 10.1. The zero-order valence-corrected chi connectivity index (χ0v) is 20.7. The third-order valence-electron chi connectivity index (χ3n) is 5.63. The summed E-state index contributed by atoms with van der Waals surface area (Å²) in [7, 11) is -3.39. The van der Waals surface area contributed by atoms with E-state index < -0.39 is 21.1 Å². The van der Waals surface area contributed by atoms with Crippen LogP contribution in [-0.4, -0.2) is 55.1 Å². The number of alkyl halides is 3. The fraction of sp³-hybridized carbons (Fsp3) is 0.304. The number of nitrogens with one attached hydrogen (secondary N) is 1. The number of sulfone groups is 1. The summed E-state index contributed by atoms with van der Waals surface area (Å²) >= 11 is 0. The number of rotatable bonds is 8. The summed E-state index contributed by atoms with van der Waals surface area (Å²) in [6, 6.07) is 10.8. The van der Waals surface area contributed by atoms with Gasteiger partial charge >= 0.3 is 12.0 Å². The molecule has 0 unspecified atom stereocenters. The van der Waals surface area contributed by atoms with Gasteiger partial charge in [0.2, 0.25) is 11.6 Å². The zero-order valence-electron chi connectivity index (χ0n) is 19.9. The summed E-state index contributed by atoms with van der Waals surface area (Å²) in [6.07, 6.45) is -1.80. The van der Waals surface area contributed by atoms with E-state index in [0.717, 1.165) is 18.4 Å². The van der Waals surface area contributed by atoms with Gasteiger partial charge in [-0.15, -0.1) is 13.2 Å². The molecule has 0 atom stereocenters. The molecule has 1 aliphatic heterocycles. The van der Waals surface area contributed by atoms with Crippen LogP contribution in [0.15, 0.2) is 59.8 Å². The average molecular weight is 554 g/mol. The number of halogens is 3. The SMILES string of the molecule is CS(=O)(=O)c1ccc(Nc2ncnc(N3CCC(Oc4ccc(OC(F)(F)F)cc4)CC3)c2[N+](=O)[O-])cc1. The molecular formula is C23H22F3N5O6S. The van der Waals surface area contributed by atoms with Crippen molar-refractivity contribution >= 4 is 32.8 Å². The maximum atomic E-state index is 12.3. The highest BCUT2D eigenvalue weighted by Crippen LogP contribution is 2.35. The minimum atomic E-state index is -4.78. The number of nitrogens with zero attached hydrogens (tertiary/aromatic N) is 4. The second-order valence-corrected chi connectivity index (χ2v) is 10.4. The summed E-state index contributed by atoms with van der Waals surface area (Å²) in [4.78, 5) is 21.3. The largest absolute Gasteiger partial charge is 0.573 e. The number of aromatic nitrogens is 2. The summed E-state index contributed by atoms with van der Waals surface area (Å²) in [6.45, 7) is 0.751. The van der Waals surface area contributed by atoms with Gasteiger partial charge in [-0.1, -0.05) is 0 Å². The Morgan fingerprint density at radius 1 is 1.03 bits per heavy atom. The van der Waals surface area contributed by atoms with E-state index in [1.807, 2.05) is 0 Å². The van der Waals surface area contributed by atoms with Gasteiger partial charge in [-0.3, -0.25) is 10.1 Å². The van der Waals surface area contributed by atoms with Crippen molar-refractivity contribution in [1.82, 2.24) is 9.97 Å². The van der Waals surface area contributed by atoms with Crippen LogP contribution < -0.4 is 19.7 Å². The maximum absolute atomic E-state index is 12.3. The Kier molecular flexibility index (Phi) is 7.57. The third kappa shape index (κ3) is 6.79. The summed E-state index contributed by atoms with van der Waals surface area (Å²) in [5.41, 5.74) is 0.0724. The summed E-state index contributed by atoms with van der Waals surface area (Å²) in [5, 5.41) is 14.8. The van der Waals surface area contributed by atoms with E-state index in [4.69, 9.17) is 4.74 Å². The van der Waals surface area contributed by atoms with Crippen LogP contribution in [0.3, 0.4) is 0 Å². The van der Waals surface area contributed by atoms with Crippen LogP contribution in [0.5, 0.6) is 11.5 Å². The van der Waals surface area contributed by atoms with Crippen molar-refractivity contribution in [3.8, 4) is 11.5 Å². The zero-order chi connectivity index (χ0) is 27.5. The van der Waals surface area contributed by atoms with Gasteiger partial charge in [0, 0.05) is 37.9 Å². The lowest BCUT2D eigenvalue weighted by molar-refractivity contribution is -0.383. The molecule has 202 valence electrons. The second-order valence-electron chi connectivity index (χ2n) is 8.40. The van der Waals surface area contributed by atoms with E-state index in [-0.39, 0.29) is 34.1 Å². The molecule has 4 rings (SSSR count). The van der Waals surface area contributed by atoms with Crippen molar-refractivity contribution < 1.29 is 36.0 Å². The van der Waals surface area contributed by atoms with E-state index in [9.17, 15) is 31.7 Å². The van der Waals surface area contributed by atoms with E-state index in [2.05, 4.69) is 20.0 Å². The number of anilines is 3. The highest BCUT2D eigenvalue weighted by molar-refractivity contribution is 7.90. The minimum absolute atomic E-state index is 0.0494. The van der Waals surface area contributed by atoms with Crippen molar-refractivity contribution in [2.24, 2.45) is 0 Å². The fourth-order valence-corrected chi connectivity index (χ4v) is 4.51. The van der Waals surface area contributed by atoms with Crippen LogP contribution >= 0.6 is 0 Å². The van der Waals surface area contributed by atoms with Gasteiger partial charge in [0.25, 0.3) is 0 Å². The molecule has 15 heteroatoms. The van der Waals surface area contributed by atoms with Crippen LogP contribution in [-0.2, 0) is 9.84 Å². The Bertz CT molecular complexity index is 1390. The van der Waals surface area contributed by atoms with Crippen molar-refractivity contribution in [2.75, 3.05) is 29.6 Å². The Morgan fingerprint density at radius 2 is 1.63 bits per heavy atom. The van der Waals surface area contributed by atoms with Crippen molar-refractivity contribution in [3.05, 3.63) is 65.0 Å². The standard InChI is InChI=1S/C23H22F3N5O6S/c1-38(34,35)19-8-2-15(3-9-19)29-21-20(31(32)33)22(28-14-27-21)30-12-10-17(11-13-30)36-16-4-6-18(7-5-16)37-23(24,25)26/h2-9,14,17H,10-13H2,1H3,(H,27,28,29). The van der Waals surface area contributed by atoms with Crippen LogP contribution in [0.4, 0.5) is 36.2 Å². The predicted octanol–water partition coefficient (Wildman–Crippen LogP) is 4.48. The van der Waals surface area contributed by atoms with E-state index >= 15 is 0 Å². The molecule has 1 fully saturated rings. The number of nitro groups is 1. The molecular weight excluding hydrogens is 531 g/mol. The minimum Gasteiger partial charge on any atom is -0.490 e. The van der Waals surface area contributed by atoms with Gasteiger partial charge in [0.05, 0.1) is 9.82 Å². The first kappa shape index (κ1) is 26.9. The summed E-state index contributed by atoms with van der Waals surface area (Å²) in [5.74, 6) is 0.0878. The highest BCUT2D eigenvalue weighted by atomic mass is 32.2. The smallest absolute Gasteiger partial charge is 0.490 e. The van der Waals surface area contributed by atoms with Crippen molar-refractivity contribution in [2.45, 2.75) is 30.2 Å². The molecule has 38 heavy (non-hydrogen) atoms. The number of piperidine rings is 1. The molecule has 0 bridgehead atoms. The average Bonchev–Trinajstić information content (AvgIpc) is 2.84. The molecule has 1 saturated heterocycles. The van der Waals surface area contributed by atoms with Crippen LogP contribution in [0, 0.1) is 10.1 Å². The monoisotopic (exact) mass is 553 g/mol. The van der Waals surface area contributed by atoms with Crippen LogP contribution in [0.1, 0.15) is 12.8 Å². The molecule has 2 aromatic carbocycles. The first-order valence-electron chi connectivity index (χ1n) is 11.2. The van der Waals surface area contributed by atoms with Gasteiger partial charge in [-0.25, -0.2) is 18.4 Å². The Labute approximate surface area is 215 Å². The molecule has 11 nitrogen and oxygen atoms in total. The van der Waals surface area contributed by atoms with Crippen molar-refractivity contribution in [1.29, 1.82) is 0 Å². The van der Waals surface area contributed by atoms with Crippen LogP contribution in [0.25, 0.3) is 0 Å². The van der Waals surface area contributed by atoms with E-state index in [1.54, 1.807) is 4.90 Å². The molecule has 0 saturated carbocycles. The third-order valence-corrected chi connectivity index (χ3v) is 6.76. The van der Waals surface area contributed by atoms with E-state index in [1.165, 1.54) is 42.7 Å². The van der Waals surface area contributed by atoms with Gasteiger partial charge in [0.15, 0.2) is 9.84 Å². The van der Waals surface area contributed by atoms with Gasteiger partial charge in [0.1, 0.15) is 23.9 Å². The number of ether oxygens (including phenoxy) is 2.